The number of aliphatic imine (C=N–C) groups is 1. The minimum atomic E-state index is 0.00636. The smallest absolute Gasteiger partial charge is 0.189 e. The third-order valence-corrected chi connectivity index (χ3v) is 3.16. The summed E-state index contributed by atoms with van der Waals surface area (Å²) < 4.78 is 0. The lowest BCUT2D eigenvalue weighted by molar-refractivity contribution is 0.315. The minimum absolute atomic E-state index is 0.00636. The van der Waals surface area contributed by atoms with Crippen LogP contribution in [0, 0.1) is 5.92 Å². The molecule has 0 amide bonds. The second-order valence-corrected chi connectivity index (χ2v) is 5.98. The van der Waals surface area contributed by atoms with Gasteiger partial charge in [-0.3, -0.25) is 4.99 Å². The molecular formula is C13H27N3. The van der Waals surface area contributed by atoms with E-state index in [9.17, 15) is 0 Å². The SMILES string of the molecule is CCC1CCCC(N=C(N)NC(C)(C)C)C1. The molecule has 0 aromatic carbocycles. The van der Waals surface area contributed by atoms with Crippen LogP contribution in [0.3, 0.4) is 0 Å². The van der Waals surface area contributed by atoms with E-state index in [0.717, 1.165) is 5.92 Å². The number of guanidine groups is 1. The van der Waals surface area contributed by atoms with Gasteiger partial charge in [0.2, 0.25) is 0 Å². The lowest BCUT2D eigenvalue weighted by Crippen LogP contribution is -2.45. The second-order valence-electron chi connectivity index (χ2n) is 5.98. The standard InChI is InChI=1S/C13H27N3/c1-5-10-7-6-8-11(9-10)15-12(14)16-13(2,3)4/h10-11H,5-9H2,1-4H3,(H3,14,15,16). The molecule has 0 heterocycles. The van der Waals surface area contributed by atoms with E-state index in [0.29, 0.717) is 12.0 Å². The van der Waals surface area contributed by atoms with Gasteiger partial charge in [-0.15, -0.1) is 0 Å². The van der Waals surface area contributed by atoms with Gasteiger partial charge in [0.05, 0.1) is 6.04 Å². The van der Waals surface area contributed by atoms with Crippen LogP contribution in [0.2, 0.25) is 0 Å². The Hall–Kier alpha value is -0.730. The van der Waals surface area contributed by atoms with E-state index < -0.39 is 0 Å². The molecule has 3 nitrogen and oxygen atoms in total. The number of nitrogens with two attached hydrogens (primary N) is 1. The van der Waals surface area contributed by atoms with Crippen molar-refractivity contribution in [1.29, 1.82) is 0 Å². The largest absolute Gasteiger partial charge is 0.370 e. The van der Waals surface area contributed by atoms with Crippen molar-refractivity contribution in [2.24, 2.45) is 16.6 Å². The maximum absolute atomic E-state index is 5.92. The first kappa shape index (κ1) is 13.3. The highest BCUT2D eigenvalue weighted by Crippen LogP contribution is 2.28. The normalized spacial score (nSPS) is 27.9. The summed E-state index contributed by atoms with van der Waals surface area (Å²) >= 11 is 0. The van der Waals surface area contributed by atoms with Crippen molar-refractivity contribution >= 4 is 5.96 Å². The van der Waals surface area contributed by atoms with Crippen molar-refractivity contribution in [2.45, 2.75) is 71.4 Å². The van der Waals surface area contributed by atoms with Crippen molar-refractivity contribution in [3.63, 3.8) is 0 Å². The van der Waals surface area contributed by atoms with Gasteiger partial charge in [0.1, 0.15) is 0 Å². The number of nitrogens with one attached hydrogen (secondary N) is 1. The molecule has 1 saturated carbocycles. The number of rotatable bonds is 2. The van der Waals surface area contributed by atoms with Crippen molar-refractivity contribution in [1.82, 2.24) is 5.32 Å². The zero-order valence-corrected chi connectivity index (χ0v) is 11.2. The maximum atomic E-state index is 5.92. The van der Waals surface area contributed by atoms with Crippen LogP contribution in [-0.2, 0) is 0 Å². The highest BCUT2D eigenvalue weighted by Gasteiger charge is 2.20. The summed E-state index contributed by atoms with van der Waals surface area (Å²) in [6, 6.07) is 0.438. The van der Waals surface area contributed by atoms with Gasteiger partial charge in [0.15, 0.2) is 5.96 Å². The summed E-state index contributed by atoms with van der Waals surface area (Å²) in [5, 5.41) is 3.23. The first-order valence-corrected chi connectivity index (χ1v) is 6.52. The van der Waals surface area contributed by atoms with Gasteiger partial charge < -0.3 is 11.1 Å². The lowest BCUT2D eigenvalue weighted by atomic mass is 9.84. The molecule has 0 bridgehead atoms. The highest BCUT2D eigenvalue weighted by atomic mass is 15.1. The third-order valence-electron chi connectivity index (χ3n) is 3.16. The Kier molecular flexibility index (Phi) is 4.63. The molecule has 0 aromatic rings. The molecular weight excluding hydrogens is 198 g/mol. The quantitative estimate of drug-likeness (QED) is 0.561. The molecule has 0 saturated heterocycles. The van der Waals surface area contributed by atoms with Crippen molar-refractivity contribution < 1.29 is 0 Å². The Morgan fingerprint density at radius 3 is 2.62 bits per heavy atom. The van der Waals surface area contributed by atoms with Gasteiger partial charge in [-0.05, 0) is 39.5 Å². The molecule has 1 aliphatic rings. The molecule has 0 spiro atoms. The van der Waals surface area contributed by atoms with Crippen LogP contribution < -0.4 is 11.1 Å². The topological polar surface area (TPSA) is 50.4 Å². The van der Waals surface area contributed by atoms with Gasteiger partial charge in [0.25, 0.3) is 0 Å². The molecule has 1 fully saturated rings. The van der Waals surface area contributed by atoms with E-state index in [1.54, 1.807) is 0 Å². The highest BCUT2D eigenvalue weighted by molar-refractivity contribution is 5.78. The minimum Gasteiger partial charge on any atom is -0.370 e. The van der Waals surface area contributed by atoms with Crippen LogP contribution in [0.5, 0.6) is 0 Å². The molecule has 94 valence electrons. The Balaban J connectivity index is 2.48. The summed E-state index contributed by atoms with van der Waals surface area (Å²) in [7, 11) is 0. The van der Waals surface area contributed by atoms with Gasteiger partial charge in [-0.1, -0.05) is 26.2 Å². The van der Waals surface area contributed by atoms with Crippen molar-refractivity contribution in [3.05, 3.63) is 0 Å². The summed E-state index contributed by atoms with van der Waals surface area (Å²) in [5.74, 6) is 1.46. The summed E-state index contributed by atoms with van der Waals surface area (Å²) in [4.78, 5) is 4.60. The van der Waals surface area contributed by atoms with Crippen LogP contribution in [-0.4, -0.2) is 17.5 Å². The third kappa shape index (κ3) is 4.86. The Bertz CT molecular complexity index is 240. The summed E-state index contributed by atoms with van der Waals surface area (Å²) in [6.07, 6.45) is 6.36. The van der Waals surface area contributed by atoms with Crippen LogP contribution in [0.15, 0.2) is 4.99 Å². The maximum Gasteiger partial charge on any atom is 0.189 e. The zero-order chi connectivity index (χ0) is 12.2. The predicted octanol–water partition coefficient (Wildman–Crippen LogP) is 2.66. The monoisotopic (exact) mass is 225 g/mol. The fourth-order valence-corrected chi connectivity index (χ4v) is 2.36. The second kappa shape index (κ2) is 5.55. The van der Waals surface area contributed by atoms with E-state index >= 15 is 0 Å². The van der Waals surface area contributed by atoms with Crippen LogP contribution in [0.4, 0.5) is 0 Å². The van der Waals surface area contributed by atoms with Gasteiger partial charge in [-0.2, -0.15) is 0 Å². The van der Waals surface area contributed by atoms with E-state index in [4.69, 9.17) is 5.73 Å². The summed E-state index contributed by atoms with van der Waals surface area (Å²) in [5.41, 5.74) is 5.92. The predicted molar refractivity (Wildman–Crippen MR) is 70.5 cm³/mol. The van der Waals surface area contributed by atoms with E-state index in [2.05, 4.69) is 38.0 Å². The molecule has 0 aliphatic heterocycles. The molecule has 2 atom stereocenters. The van der Waals surface area contributed by atoms with Crippen molar-refractivity contribution in [2.75, 3.05) is 0 Å². The van der Waals surface area contributed by atoms with Crippen LogP contribution >= 0.6 is 0 Å². The first-order chi connectivity index (χ1) is 7.40. The molecule has 16 heavy (non-hydrogen) atoms. The van der Waals surface area contributed by atoms with E-state index in [1.807, 2.05) is 0 Å². The van der Waals surface area contributed by atoms with Crippen LogP contribution in [0.25, 0.3) is 0 Å². The molecule has 0 radical (unpaired) electrons. The molecule has 0 aromatic heterocycles. The molecule has 2 unspecified atom stereocenters. The van der Waals surface area contributed by atoms with E-state index in [1.165, 1.54) is 32.1 Å². The molecule has 1 aliphatic carbocycles. The summed E-state index contributed by atoms with van der Waals surface area (Å²) in [6.45, 7) is 8.58. The number of nitrogens with zero attached hydrogens (tertiary/aromatic N) is 1. The lowest BCUT2D eigenvalue weighted by Gasteiger charge is -2.27. The van der Waals surface area contributed by atoms with Crippen molar-refractivity contribution in [3.8, 4) is 0 Å². The van der Waals surface area contributed by atoms with Gasteiger partial charge in [-0.25, -0.2) is 0 Å². The molecule has 3 N–H and O–H groups in total. The first-order valence-electron chi connectivity index (χ1n) is 6.52. The average molecular weight is 225 g/mol. The Morgan fingerprint density at radius 2 is 2.06 bits per heavy atom. The fourth-order valence-electron chi connectivity index (χ4n) is 2.36. The molecule has 1 rings (SSSR count). The zero-order valence-electron chi connectivity index (χ0n) is 11.2. The van der Waals surface area contributed by atoms with Crippen LogP contribution in [0.1, 0.15) is 59.8 Å². The van der Waals surface area contributed by atoms with Gasteiger partial charge >= 0.3 is 0 Å². The van der Waals surface area contributed by atoms with Gasteiger partial charge in [0, 0.05) is 5.54 Å². The number of hydrogen-bond acceptors (Lipinski definition) is 1. The average Bonchev–Trinajstić information content (AvgIpc) is 2.15. The number of hydrogen-bond donors (Lipinski definition) is 2. The fraction of sp³-hybridized carbons (Fsp3) is 0.923. The Labute approximate surface area is 99.9 Å². The van der Waals surface area contributed by atoms with E-state index in [-0.39, 0.29) is 5.54 Å². The molecule has 3 heteroatoms. The Morgan fingerprint density at radius 1 is 1.38 bits per heavy atom.